The van der Waals surface area contributed by atoms with Gasteiger partial charge in [0.1, 0.15) is 5.75 Å². The van der Waals surface area contributed by atoms with Gasteiger partial charge in [-0.05, 0) is 42.9 Å². The van der Waals surface area contributed by atoms with Crippen molar-refractivity contribution in [2.45, 2.75) is 38.7 Å². The average Bonchev–Trinajstić information content (AvgIpc) is 2.48. The lowest BCUT2D eigenvalue weighted by atomic mass is 9.99. The Morgan fingerprint density at radius 3 is 2.67 bits per heavy atom. The molecule has 0 spiro atoms. The van der Waals surface area contributed by atoms with Crippen molar-refractivity contribution in [3.8, 4) is 5.75 Å². The first-order valence-electron chi connectivity index (χ1n) is 5.37. The maximum Gasteiger partial charge on any atom is 0.139 e. The highest BCUT2D eigenvalue weighted by Gasteiger charge is 2.17. The van der Waals surface area contributed by atoms with Crippen molar-refractivity contribution >= 4 is 11.6 Å². The first-order chi connectivity index (χ1) is 7.24. The van der Waals surface area contributed by atoms with Crippen molar-refractivity contribution in [3.63, 3.8) is 0 Å². The number of hydrogen-bond donors (Lipinski definition) is 2. The molecule has 0 heterocycles. The highest BCUT2D eigenvalue weighted by Crippen LogP contribution is 2.36. The molecule has 0 saturated heterocycles. The summed E-state index contributed by atoms with van der Waals surface area (Å²) in [4.78, 5) is 0. The van der Waals surface area contributed by atoms with Crippen LogP contribution < -0.4 is 0 Å². The van der Waals surface area contributed by atoms with Gasteiger partial charge >= 0.3 is 0 Å². The van der Waals surface area contributed by atoms with Crippen LogP contribution in [0.25, 0.3) is 0 Å². The quantitative estimate of drug-likeness (QED) is 0.723. The number of hydrogen-bond acceptors (Lipinski definition) is 2. The van der Waals surface area contributed by atoms with Gasteiger partial charge < -0.3 is 10.2 Å². The lowest BCUT2D eigenvalue weighted by Crippen LogP contribution is -1.97. The zero-order valence-corrected chi connectivity index (χ0v) is 9.35. The van der Waals surface area contributed by atoms with E-state index in [4.69, 9.17) is 16.7 Å². The van der Waals surface area contributed by atoms with Gasteiger partial charge in [0, 0.05) is 5.56 Å². The molecule has 1 aliphatic carbocycles. The third-order valence-corrected chi connectivity index (χ3v) is 3.46. The van der Waals surface area contributed by atoms with Gasteiger partial charge in [0.25, 0.3) is 0 Å². The predicted octanol–water partition coefficient (Wildman–Crippen LogP) is 2.81. The fraction of sp³-hybridized carbons (Fsp3) is 0.500. The van der Waals surface area contributed by atoms with Crippen LogP contribution in [0.3, 0.4) is 0 Å². The second-order valence-corrected chi connectivity index (χ2v) is 4.43. The molecule has 82 valence electrons. The first kappa shape index (κ1) is 10.8. The Balaban J connectivity index is 2.53. The van der Waals surface area contributed by atoms with Crippen LogP contribution in [0.2, 0.25) is 5.02 Å². The van der Waals surface area contributed by atoms with Crippen molar-refractivity contribution in [2.24, 2.45) is 0 Å². The summed E-state index contributed by atoms with van der Waals surface area (Å²) in [7, 11) is 0. The molecule has 0 aromatic heterocycles. The normalized spacial score (nSPS) is 15.9. The monoisotopic (exact) mass is 226 g/mol. The number of aliphatic hydroxyl groups is 1. The van der Waals surface area contributed by atoms with Crippen LogP contribution in [0.4, 0.5) is 0 Å². The predicted molar refractivity (Wildman–Crippen MR) is 60.3 cm³/mol. The zero-order chi connectivity index (χ0) is 10.8. The number of phenols is 1. The van der Waals surface area contributed by atoms with E-state index in [0.717, 1.165) is 24.8 Å². The van der Waals surface area contributed by atoms with Crippen LogP contribution in [0, 0.1) is 0 Å². The number of rotatable bonds is 1. The average molecular weight is 227 g/mol. The van der Waals surface area contributed by atoms with Gasteiger partial charge in [0.05, 0.1) is 11.6 Å². The third-order valence-electron chi connectivity index (χ3n) is 3.06. The number of aromatic hydroxyl groups is 1. The Hall–Kier alpha value is -0.730. The molecule has 15 heavy (non-hydrogen) atoms. The van der Waals surface area contributed by atoms with Gasteiger partial charge in [-0.3, -0.25) is 0 Å². The molecular weight excluding hydrogens is 212 g/mol. The summed E-state index contributed by atoms with van der Waals surface area (Å²) in [6.45, 7) is -0.154. The van der Waals surface area contributed by atoms with Gasteiger partial charge in [-0.1, -0.05) is 18.0 Å². The van der Waals surface area contributed by atoms with E-state index in [1.807, 2.05) is 6.07 Å². The van der Waals surface area contributed by atoms with Gasteiger partial charge in [0.2, 0.25) is 0 Å². The fourth-order valence-corrected chi connectivity index (χ4v) is 2.54. The molecule has 2 rings (SSSR count). The second kappa shape index (κ2) is 4.42. The minimum atomic E-state index is -0.154. The van der Waals surface area contributed by atoms with Crippen molar-refractivity contribution in [2.75, 3.05) is 0 Å². The van der Waals surface area contributed by atoms with Gasteiger partial charge in [-0.2, -0.15) is 0 Å². The Morgan fingerprint density at radius 2 is 1.93 bits per heavy atom. The number of aryl methyl sites for hydroxylation is 1. The molecule has 1 aliphatic rings. The fourth-order valence-electron chi connectivity index (χ4n) is 2.20. The summed E-state index contributed by atoms with van der Waals surface area (Å²) in [6.07, 6.45) is 5.44. The summed E-state index contributed by atoms with van der Waals surface area (Å²) in [5.41, 5.74) is 2.81. The summed E-state index contributed by atoms with van der Waals surface area (Å²) in [5.74, 6) is 0.0554. The van der Waals surface area contributed by atoms with Crippen molar-refractivity contribution < 1.29 is 10.2 Å². The summed E-state index contributed by atoms with van der Waals surface area (Å²) >= 11 is 6.11. The second-order valence-electron chi connectivity index (χ2n) is 4.05. The van der Waals surface area contributed by atoms with Gasteiger partial charge in [-0.15, -0.1) is 0 Å². The Labute approximate surface area is 94.5 Å². The molecule has 1 aromatic rings. The van der Waals surface area contributed by atoms with Crippen LogP contribution in [-0.4, -0.2) is 10.2 Å². The van der Waals surface area contributed by atoms with Crippen LogP contribution in [-0.2, 0) is 19.4 Å². The number of aliphatic hydroxyl groups excluding tert-OH is 1. The van der Waals surface area contributed by atoms with Crippen LogP contribution in [0.15, 0.2) is 6.07 Å². The van der Waals surface area contributed by atoms with E-state index < -0.39 is 0 Å². The molecule has 2 N–H and O–H groups in total. The summed E-state index contributed by atoms with van der Waals surface area (Å²) < 4.78 is 0. The molecule has 0 bridgehead atoms. The van der Waals surface area contributed by atoms with Gasteiger partial charge in [-0.25, -0.2) is 0 Å². The molecule has 0 fully saturated rings. The summed E-state index contributed by atoms with van der Waals surface area (Å²) in [5, 5.41) is 19.3. The Bertz CT molecular complexity index is 374. The lowest BCUT2D eigenvalue weighted by Gasteiger charge is -2.12. The maximum absolute atomic E-state index is 9.75. The first-order valence-corrected chi connectivity index (χ1v) is 5.74. The minimum absolute atomic E-state index is 0.0554. The van der Waals surface area contributed by atoms with E-state index in [2.05, 4.69) is 0 Å². The zero-order valence-electron chi connectivity index (χ0n) is 8.59. The highest BCUT2D eigenvalue weighted by molar-refractivity contribution is 6.33. The number of fused-ring (bicyclic) bond motifs is 1. The number of halogens is 1. The van der Waals surface area contributed by atoms with E-state index in [0.29, 0.717) is 10.6 Å². The number of benzene rings is 1. The molecule has 0 aliphatic heterocycles. The van der Waals surface area contributed by atoms with Crippen LogP contribution >= 0.6 is 11.6 Å². The minimum Gasteiger partial charge on any atom is -0.506 e. The van der Waals surface area contributed by atoms with Crippen molar-refractivity contribution in [1.29, 1.82) is 0 Å². The van der Waals surface area contributed by atoms with Crippen LogP contribution in [0.5, 0.6) is 5.75 Å². The largest absolute Gasteiger partial charge is 0.506 e. The molecule has 0 amide bonds. The maximum atomic E-state index is 9.75. The van der Waals surface area contributed by atoms with Gasteiger partial charge in [0.15, 0.2) is 0 Å². The van der Waals surface area contributed by atoms with Crippen molar-refractivity contribution in [1.82, 2.24) is 0 Å². The van der Waals surface area contributed by atoms with E-state index >= 15 is 0 Å². The van der Waals surface area contributed by atoms with E-state index in [1.54, 1.807) is 0 Å². The molecule has 0 saturated carbocycles. The third kappa shape index (κ3) is 1.97. The molecule has 0 radical (unpaired) electrons. The van der Waals surface area contributed by atoms with E-state index in [1.165, 1.54) is 18.4 Å². The van der Waals surface area contributed by atoms with Crippen molar-refractivity contribution in [3.05, 3.63) is 27.8 Å². The molecule has 2 nitrogen and oxygen atoms in total. The molecular formula is C12H15ClO2. The molecule has 3 heteroatoms. The topological polar surface area (TPSA) is 40.5 Å². The molecule has 0 atom stereocenters. The Kier molecular flexibility index (Phi) is 3.17. The lowest BCUT2D eigenvalue weighted by molar-refractivity contribution is 0.275. The Morgan fingerprint density at radius 1 is 1.20 bits per heavy atom. The SMILES string of the molecule is OCc1cc2c(c(Cl)c1O)CCCCC2. The van der Waals surface area contributed by atoms with E-state index in [9.17, 15) is 5.11 Å². The smallest absolute Gasteiger partial charge is 0.139 e. The van der Waals surface area contributed by atoms with E-state index in [-0.39, 0.29) is 12.4 Å². The molecule has 0 unspecified atom stereocenters. The highest BCUT2D eigenvalue weighted by atomic mass is 35.5. The summed E-state index contributed by atoms with van der Waals surface area (Å²) in [6, 6.07) is 1.89. The standard InChI is InChI=1S/C12H15ClO2/c13-11-10-5-3-1-2-4-8(10)6-9(7-14)12(11)15/h6,14-15H,1-5,7H2. The van der Waals surface area contributed by atoms with Crippen LogP contribution in [0.1, 0.15) is 36.0 Å². The molecule has 1 aromatic carbocycles.